The van der Waals surface area contributed by atoms with Crippen LogP contribution in [0.2, 0.25) is 0 Å². The number of benzene rings is 2. The van der Waals surface area contributed by atoms with Crippen LogP contribution in [0.4, 0.5) is 16.0 Å². The lowest BCUT2D eigenvalue weighted by Gasteiger charge is -2.36. The van der Waals surface area contributed by atoms with Crippen LogP contribution in [0.1, 0.15) is 29.6 Å². The van der Waals surface area contributed by atoms with Gasteiger partial charge in [0.05, 0.1) is 0 Å². The molecule has 8 heteroatoms. The molecule has 0 spiro atoms. The lowest BCUT2D eigenvalue weighted by Crippen LogP contribution is -2.49. The molecule has 0 bridgehead atoms. The Morgan fingerprint density at radius 2 is 1.44 bits per heavy atom. The summed E-state index contributed by atoms with van der Waals surface area (Å²) in [5, 5.41) is 0. The number of hydrogen-bond acceptors (Lipinski definition) is 6. The number of hydrogen-bond donors (Lipinski definition) is 0. The molecule has 0 aliphatic carbocycles. The highest BCUT2D eigenvalue weighted by molar-refractivity contribution is 5.94. The summed E-state index contributed by atoms with van der Waals surface area (Å²) in [5.74, 6) is 2.62. The monoisotopic (exact) mass is 461 g/mol. The highest BCUT2D eigenvalue weighted by Crippen LogP contribution is 2.25. The van der Waals surface area contributed by atoms with Gasteiger partial charge in [-0.3, -0.25) is 4.79 Å². The van der Waals surface area contributed by atoms with Gasteiger partial charge in [0.15, 0.2) is 0 Å². The summed E-state index contributed by atoms with van der Waals surface area (Å²) >= 11 is 0. The fraction of sp³-hybridized carbons (Fsp3) is 0.346. The van der Waals surface area contributed by atoms with Crippen molar-refractivity contribution in [2.24, 2.45) is 0 Å². The van der Waals surface area contributed by atoms with Crippen molar-refractivity contribution in [1.82, 2.24) is 14.9 Å². The summed E-state index contributed by atoms with van der Waals surface area (Å²) in [6, 6.07) is 15.0. The van der Waals surface area contributed by atoms with Gasteiger partial charge in [-0.2, -0.15) is 0 Å². The van der Waals surface area contributed by atoms with Crippen molar-refractivity contribution in [1.29, 1.82) is 0 Å². The molecule has 176 valence electrons. The largest absolute Gasteiger partial charge is 0.457 e. The second kappa shape index (κ2) is 10.1. The molecule has 2 fully saturated rings. The summed E-state index contributed by atoms with van der Waals surface area (Å²) in [6.07, 6.45) is 5.33. The van der Waals surface area contributed by atoms with Crippen molar-refractivity contribution >= 4 is 17.5 Å². The van der Waals surface area contributed by atoms with Crippen molar-refractivity contribution in [2.75, 3.05) is 49.1 Å². The van der Waals surface area contributed by atoms with Crippen LogP contribution in [0, 0.1) is 5.82 Å². The number of rotatable bonds is 5. The molecule has 1 amide bonds. The van der Waals surface area contributed by atoms with Gasteiger partial charge >= 0.3 is 0 Å². The molecule has 2 saturated heterocycles. The van der Waals surface area contributed by atoms with Crippen molar-refractivity contribution in [2.45, 2.75) is 19.3 Å². The molecule has 0 atom stereocenters. The molecule has 2 aromatic carbocycles. The molecule has 2 aliphatic heterocycles. The van der Waals surface area contributed by atoms with Crippen LogP contribution < -0.4 is 14.5 Å². The third-order valence-electron chi connectivity index (χ3n) is 6.34. The summed E-state index contributed by atoms with van der Waals surface area (Å²) in [6.45, 7) is 4.75. The minimum atomic E-state index is -0.319. The Labute approximate surface area is 198 Å². The Kier molecular flexibility index (Phi) is 6.56. The predicted molar refractivity (Wildman–Crippen MR) is 129 cm³/mol. The number of ether oxygens (including phenoxy) is 1. The SMILES string of the molecule is O=C(c1cccc(Oc2ccc(F)cc2)c1)N1CCN(c2cc(N3CCCCC3)ncn2)CC1. The van der Waals surface area contributed by atoms with Gasteiger partial charge < -0.3 is 19.4 Å². The Bertz CT molecular complexity index is 1130. The van der Waals surface area contributed by atoms with E-state index < -0.39 is 0 Å². The van der Waals surface area contributed by atoms with Gasteiger partial charge in [0, 0.05) is 50.9 Å². The Balaban J connectivity index is 1.20. The molecule has 2 aliphatic rings. The predicted octanol–water partition coefficient (Wildman–Crippen LogP) is 4.36. The van der Waals surface area contributed by atoms with E-state index in [0.29, 0.717) is 43.2 Å². The molecule has 3 heterocycles. The molecule has 0 unspecified atom stereocenters. The van der Waals surface area contributed by atoms with Gasteiger partial charge in [-0.1, -0.05) is 6.07 Å². The molecule has 1 aromatic heterocycles. The van der Waals surface area contributed by atoms with Crippen LogP contribution in [0.5, 0.6) is 11.5 Å². The number of anilines is 2. The molecule has 0 saturated carbocycles. The van der Waals surface area contributed by atoms with Crippen LogP contribution >= 0.6 is 0 Å². The summed E-state index contributed by atoms with van der Waals surface area (Å²) in [7, 11) is 0. The van der Waals surface area contributed by atoms with Gasteiger partial charge in [0.2, 0.25) is 0 Å². The average Bonchev–Trinajstić information content (AvgIpc) is 2.90. The normalized spacial score (nSPS) is 16.4. The number of carbonyl (C=O) groups is 1. The van der Waals surface area contributed by atoms with E-state index in [-0.39, 0.29) is 11.7 Å². The fourth-order valence-electron chi connectivity index (χ4n) is 4.46. The number of carbonyl (C=O) groups excluding carboxylic acids is 1. The highest BCUT2D eigenvalue weighted by atomic mass is 19.1. The fourth-order valence-corrected chi connectivity index (χ4v) is 4.46. The number of halogens is 1. The first-order chi connectivity index (χ1) is 16.7. The van der Waals surface area contributed by atoms with E-state index >= 15 is 0 Å². The van der Waals surface area contributed by atoms with Gasteiger partial charge in [-0.25, -0.2) is 14.4 Å². The van der Waals surface area contributed by atoms with Crippen molar-refractivity contribution in [3.8, 4) is 11.5 Å². The molecular weight excluding hydrogens is 433 g/mol. The lowest BCUT2D eigenvalue weighted by atomic mass is 10.1. The van der Waals surface area contributed by atoms with E-state index in [9.17, 15) is 9.18 Å². The molecule has 34 heavy (non-hydrogen) atoms. The van der Waals surface area contributed by atoms with Gasteiger partial charge in [0.25, 0.3) is 5.91 Å². The van der Waals surface area contributed by atoms with E-state index in [2.05, 4.69) is 25.8 Å². The maximum atomic E-state index is 13.1. The zero-order valence-corrected chi connectivity index (χ0v) is 19.1. The van der Waals surface area contributed by atoms with E-state index in [1.54, 1.807) is 42.7 Å². The highest BCUT2D eigenvalue weighted by Gasteiger charge is 2.24. The van der Waals surface area contributed by atoms with Gasteiger partial charge in [0.1, 0.15) is 35.3 Å². The van der Waals surface area contributed by atoms with Crippen molar-refractivity contribution in [3.63, 3.8) is 0 Å². The maximum absolute atomic E-state index is 13.1. The molecule has 5 rings (SSSR count). The standard InChI is InChI=1S/C26H28FN5O2/c27-21-7-9-22(10-8-21)34-23-6-4-5-20(17-23)26(33)32-15-13-31(14-16-32)25-18-24(28-19-29-25)30-11-2-1-3-12-30/h4-10,17-19H,1-3,11-16H2. The van der Waals surface area contributed by atoms with Crippen LogP contribution in [0.25, 0.3) is 0 Å². The van der Waals surface area contributed by atoms with Crippen LogP contribution in [-0.2, 0) is 0 Å². The second-order valence-corrected chi connectivity index (χ2v) is 8.65. The summed E-state index contributed by atoms with van der Waals surface area (Å²) in [5.41, 5.74) is 0.572. The minimum Gasteiger partial charge on any atom is -0.457 e. The molecular formula is C26H28FN5O2. The first kappa shape index (κ1) is 22.1. The smallest absolute Gasteiger partial charge is 0.254 e. The Morgan fingerprint density at radius 3 is 2.15 bits per heavy atom. The average molecular weight is 462 g/mol. The van der Waals surface area contributed by atoms with Crippen LogP contribution in [-0.4, -0.2) is 60.0 Å². The Morgan fingerprint density at radius 1 is 0.765 bits per heavy atom. The number of piperidine rings is 1. The number of amides is 1. The minimum absolute atomic E-state index is 0.0269. The zero-order valence-electron chi connectivity index (χ0n) is 19.1. The third kappa shape index (κ3) is 5.11. The third-order valence-corrected chi connectivity index (χ3v) is 6.34. The lowest BCUT2D eigenvalue weighted by molar-refractivity contribution is 0.0746. The van der Waals surface area contributed by atoms with E-state index in [1.165, 1.54) is 31.4 Å². The van der Waals surface area contributed by atoms with E-state index in [1.807, 2.05) is 4.90 Å². The molecule has 0 radical (unpaired) electrons. The molecule has 3 aromatic rings. The topological polar surface area (TPSA) is 61.8 Å². The van der Waals surface area contributed by atoms with Crippen molar-refractivity contribution < 1.29 is 13.9 Å². The number of aromatic nitrogens is 2. The molecule has 7 nitrogen and oxygen atoms in total. The zero-order chi connectivity index (χ0) is 23.3. The van der Waals surface area contributed by atoms with E-state index in [0.717, 1.165) is 24.7 Å². The first-order valence-electron chi connectivity index (χ1n) is 11.8. The van der Waals surface area contributed by atoms with Crippen LogP contribution in [0.15, 0.2) is 60.9 Å². The second-order valence-electron chi connectivity index (χ2n) is 8.65. The number of piperazine rings is 1. The Hall–Kier alpha value is -3.68. The quantitative estimate of drug-likeness (QED) is 0.563. The van der Waals surface area contributed by atoms with Crippen LogP contribution in [0.3, 0.4) is 0 Å². The summed E-state index contributed by atoms with van der Waals surface area (Å²) < 4.78 is 18.9. The van der Waals surface area contributed by atoms with E-state index in [4.69, 9.17) is 4.74 Å². The number of nitrogens with zero attached hydrogens (tertiary/aromatic N) is 5. The first-order valence-corrected chi connectivity index (χ1v) is 11.8. The van der Waals surface area contributed by atoms with Gasteiger partial charge in [-0.05, 0) is 61.7 Å². The molecule has 0 N–H and O–H groups in total. The maximum Gasteiger partial charge on any atom is 0.254 e. The van der Waals surface area contributed by atoms with Crippen molar-refractivity contribution in [3.05, 3.63) is 72.3 Å². The summed E-state index contributed by atoms with van der Waals surface area (Å²) in [4.78, 5) is 28.5. The van der Waals surface area contributed by atoms with Gasteiger partial charge in [-0.15, -0.1) is 0 Å².